The van der Waals surface area contributed by atoms with Gasteiger partial charge in [0.15, 0.2) is 11.6 Å². The minimum Gasteiger partial charge on any atom is -0.461 e. The maximum absolute atomic E-state index is 5.47. The minimum atomic E-state index is 0.947. The van der Waals surface area contributed by atoms with Crippen LogP contribution >= 0.6 is 0 Å². The van der Waals surface area contributed by atoms with Crippen molar-refractivity contribution in [3.8, 4) is 0 Å². The molecule has 0 aromatic heterocycles. The molecule has 0 saturated carbocycles. The van der Waals surface area contributed by atoms with Gasteiger partial charge in [0.2, 0.25) is 0 Å². The van der Waals surface area contributed by atoms with E-state index in [1.807, 2.05) is 6.08 Å². The van der Waals surface area contributed by atoms with E-state index in [4.69, 9.17) is 4.74 Å². The van der Waals surface area contributed by atoms with E-state index in [1.54, 1.807) is 6.26 Å². The van der Waals surface area contributed by atoms with E-state index in [2.05, 4.69) is 28.6 Å². The summed E-state index contributed by atoms with van der Waals surface area (Å²) in [6, 6.07) is 0. The van der Waals surface area contributed by atoms with Crippen LogP contribution in [0.25, 0.3) is 0 Å². The minimum absolute atomic E-state index is 0.947. The van der Waals surface area contributed by atoms with Crippen molar-refractivity contribution in [2.45, 2.75) is 0 Å². The molecule has 0 unspecified atom stereocenters. The van der Waals surface area contributed by atoms with Gasteiger partial charge >= 0.3 is 0 Å². The quantitative estimate of drug-likeness (QED) is 0.594. The van der Waals surface area contributed by atoms with Crippen LogP contribution in [0.5, 0.6) is 0 Å². The van der Waals surface area contributed by atoms with E-state index >= 15 is 0 Å². The Bertz CT molecular complexity index is 363. The molecule has 3 aliphatic rings. The molecule has 0 aromatic carbocycles. The van der Waals surface area contributed by atoms with Gasteiger partial charge in [-0.1, -0.05) is 0 Å². The molecular weight excluding hydrogens is 164 g/mol. The molecular formula is C10H10N2O. The summed E-state index contributed by atoms with van der Waals surface area (Å²) in [5.74, 6) is 2.04. The molecule has 3 rings (SSSR count). The fraction of sp³-hybridized carbons (Fsp3) is 0.200. The molecule has 66 valence electrons. The summed E-state index contributed by atoms with van der Waals surface area (Å²) < 4.78 is 5.47. The molecule has 3 heterocycles. The van der Waals surface area contributed by atoms with Crippen LogP contribution in [0, 0.1) is 0 Å². The van der Waals surface area contributed by atoms with Gasteiger partial charge in [0.05, 0.1) is 6.26 Å². The lowest BCUT2D eigenvalue weighted by molar-refractivity contribution is 0.330. The Morgan fingerprint density at radius 3 is 3.46 bits per heavy atom. The highest BCUT2D eigenvalue weighted by molar-refractivity contribution is 5.46. The second-order valence-electron chi connectivity index (χ2n) is 3.18. The first-order valence-electron chi connectivity index (χ1n) is 4.42. The first-order valence-corrected chi connectivity index (χ1v) is 4.42. The van der Waals surface area contributed by atoms with Gasteiger partial charge in [-0.05, 0) is 18.2 Å². The molecule has 3 heteroatoms. The van der Waals surface area contributed by atoms with Crippen molar-refractivity contribution in [3.05, 3.63) is 47.8 Å². The van der Waals surface area contributed by atoms with Gasteiger partial charge in [-0.15, -0.1) is 0 Å². The highest BCUT2D eigenvalue weighted by Gasteiger charge is 2.25. The fourth-order valence-corrected chi connectivity index (χ4v) is 1.76. The van der Waals surface area contributed by atoms with E-state index in [0.717, 1.165) is 30.2 Å². The molecule has 0 aromatic rings. The Morgan fingerprint density at radius 1 is 1.46 bits per heavy atom. The zero-order chi connectivity index (χ0) is 8.67. The Balaban J connectivity index is 2.11. The predicted molar refractivity (Wildman–Crippen MR) is 49.2 cm³/mol. The second kappa shape index (κ2) is 2.42. The number of nitrogens with zero attached hydrogens (tertiary/aromatic N) is 1. The van der Waals surface area contributed by atoms with Gasteiger partial charge < -0.3 is 15.0 Å². The van der Waals surface area contributed by atoms with Crippen LogP contribution in [0.1, 0.15) is 0 Å². The van der Waals surface area contributed by atoms with Gasteiger partial charge in [0.25, 0.3) is 0 Å². The molecule has 3 aliphatic heterocycles. The smallest absolute Gasteiger partial charge is 0.174 e. The zero-order valence-corrected chi connectivity index (χ0v) is 7.16. The molecule has 1 fully saturated rings. The largest absolute Gasteiger partial charge is 0.461 e. The number of nitrogens with one attached hydrogen (secondary N) is 1. The Hall–Kier alpha value is -1.64. The van der Waals surface area contributed by atoms with Crippen molar-refractivity contribution in [1.82, 2.24) is 10.2 Å². The molecule has 0 radical (unpaired) electrons. The lowest BCUT2D eigenvalue weighted by Crippen LogP contribution is -2.21. The summed E-state index contributed by atoms with van der Waals surface area (Å²) in [7, 11) is 0. The number of ether oxygens (including phenoxy) is 1. The van der Waals surface area contributed by atoms with E-state index < -0.39 is 0 Å². The Labute approximate surface area is 76.7 Å². The summed E-state index contributed by atoms with van der Waals surface area (Å²) in [5.41, 5.74) is 1.14. The highest BCUT2D eigenvalue weighted by atomic mass is 16.5. The van der Waals surface area contributed by atoms with Gasteiger partial charge in [0, 0.05) is 24.9 Å². The first kappa shape index (κ1) is 6.83. The number of hydrogen-bond acceptors (Lipinski definition) is 3. The van der Waals surface area contributed by atoms with Crippen LogP contribution in [0.4, 0.5) is 0 Å². The molecule has 3 nitrogen and oxygen atoms in total. The fourth-order valence-electron chi connectivity index (χ4n) is 1.76. The SMILES string of the molecule is C1=COC2=C3NCCN3C=CC2=C1. The molecule has 13 heavy (non-hydrogen) atoms. The van der Waals surface area contributed by atoms with Crippen molar-refractivity contribution in [2.75, 3.05) is 13.1 Å². The molecule has 0 atom stereocenters. The van der Waals surface area contributed by atoms with Crippen LogP contribution in [0.3, 0.4) is 0 Å². The normalized spacial score (nSPS) is 23.4. The third-order valence-corrected chi connectivity index (χ3v) is 2.38. The van der Waals surface area contributed by atoms with Gasteiger partial charge in [0.1, 0.15) is 0 Å². The maximum Gasteiger partial charge on any atom is 0.174 e. The molecule has 1 saturated heterocycles. The van der Waals surface area contributed by atoms with Crippen LogP contribution < -0.4 is 5.32 Å². The number of hydrogen-bond donors (Lipinski definition) is 1. The van der Waals surface area contributed by atoms with Crippen molar-refractivity contribution < 1.29 is 4.74 Å². The Kier molecular flexibility index (Phi) is 1.27. The first-order chi connectivity index (χ1) is 6.45. The summed E-state index contributed by atoms with van der Waals surface area (Å²) in [6.07, 6.45) is 9.85. The van der Waals surface area contributed by atoms with Gasteiger partial charge in [-0.25, -0.2) is 0 Å². The molecule has 0 spiro atoms. The van der Waals surface area contributed by atoms with Crippen molar-refractivity contribution in [1.29, 1.82) is 0 Å². The summed E-state index contributed by atoms with van der Waals surface area (Å²) in [4.78, 5) is 2.17. The van der Waals surface area contributed by atoms with Crippen LogP contribution in [0.2, 0.25) is 0 Å². The highest BCUT2D eigenvalue weighted by Crippen LogP contribution is 2.28. The third kappa shape index (κ3) is 0.900. The zero-order valence-electron chi connectivity index (χ0n) is 7.16. The lowest BCUT2D eigenvalue weighted by Gasteiger charge is -2.23. The molecule has 1 N–H and O–H groups in total. The van der Waals surface area contributed by atoms with Gasteiger partial charge in [-0.3, -0.25) is 0 Å². The average Bonchev–Trinajstić information content (AvgIpc) is 2.65. The lowest BCUT2D eigenvalue weighted by atomic mass is 10.1. The number of rotatable bonds is 0. The van der Waals surface area contributed by atoms with Crippen LogP contribution in [-0.4, -0.2) is 18.0 Å². The molecule has 0 bridgehead atoms. The van der Waals surface area contributed by atoms with Crippen molar-refractivity contribution >= 4 is 0 Å². The van der Waals surface area contributed by atoms with E-state index in [1.165, 1.54) is 0 Å². The summed E-state index contributed by atoms with van der Waals surface area (Å²) >= 11 is 0. The average molecular weight is 174 g/mol. The standard InChI is InChI=1S/C10H10N2O/c1-2-8-3-5-12-6-4-11-10(12)9(8)13-7-1/h1-3,5,7,11H,4,6H2. The molecule has 0 aliphatic carbocycles. The van der Waals surface area contributed by atoms with Crippen LogP contribution in [-0.2, 0) is 4.74 Å². The monoisotopic (exact) mass is 174 g/mol. The van der Waals surface area contributed by atoms with Crippen LogP contribution in [0.15, 0.2) is 47.8 Å². The van der Waals surface area contributed by atoms with Crippen molar-refractivity contribution in [3.63, 3.8) is 0 Å². The molecule has 0 amide bonds. The number of fused-ring (bicyclic) bond motifs is 2. The van der Waals surface area contributed by atoms with E-state index in [0.29, 0.717) is 0 Å². The maximum atomic E-state index is 5.47. The Morgan fingerprint density at radius 2 is 2.46 bits per heavy atom. The van der Waals surface area contributed by atoms with Gasteiger partial charge in [-0.2, -0.15) is 0 Å². The van der Waals surface area contributed by atoms with E-state index in [9.17, 15) is 0 Å². The number of allylic oxidation sites excluding steroid dienone is 3. The predicted octanol–water partition coefficient (Wildman–Crippen LogP) is 1.06. The summed E-state index contributed by atoms with van der Waals surface area (Å²) in [6.45, 7) is 2.01. The van der Waals surface area contributed by atoms with E-state index in [-0.39, 0.29) is 0 Å². The second-order valence-corrected chi connectivity index (χ2v) is 3.18. The topological polar surface area (TPSA) is 24.5 Å². The third-order valence-electron chi connectivity index (χ3n) is 2.38. The van der Waals surface area contributed by atoms with Crippen molar-refractivity contribution in [2.24, 2.45) is 0 Å². The summed E-state index contributed by atoms with van der Waals surface area (Å²) in [5, 5.41) is 3.31.